The maximum Gasteiger partial charge on any atom is -0.0173 e. The normalized spacial score (nSPS) is 12.2. The monoisotopic (exact) mass is 102 g/mol. The second kappa shape index (κ2) is 3.36. The quantitative estimate of drug-likeness (QED) is 0.350. The van der Waals surface area contributed by atoms with Crippen LogP contribution in [0.25, 0.3) is 0 Å². The molecule has 0 nitrogen and oxygen atoms in total. The van der Waals surface area contributed by atoms with Crippen LogP contribution in [-0.4, -0.2) is 6.16 Å². The first-order valence-corrected chi connectivity index (χ1v) is 2.94. The van der Waals surface area contributed by atoms with E-state index in [4.69, 9.17) is 0 Å². The summed E-state index contributed by atoms with van der Waals surface area (Å²) in [5.74, 6) is 0. The van der Waals surface area contributed by atoms with Crippen molar-refractivity contribution < 1.29 is 0 Å². The maximum absolute atomic E-state index is 2.67. The van der Waals surface area contributed by atoms with E-state index < -0.39 is 0 Å². The fourth-order valence-corrected chi connectivity index (χ4v) is 0.354. The fourth-order valence-electron chi connectivity index (χ4n) is 0.118. The van der Waals surface area contributed by atoms with E-state index in [1.807, 2.05) is 0 Å². The van der Waals surface area contributed by atoms with Gasteiger partial charge < -0.3 is 0 Å². The smallest absolute Gasteiger partial charge is 0.0173 e. The zero-order chi connectivity index (χ0) is 4.99. The maximum atomic E-state index is 2.67. The average Bonchev–Trinajstić information content (AvgIpc) is 1.65. The summed E-state index contributed by atoms with van der Waals surface area (Å²) in [5, 5.41) is 0. The van der Waals surface area contributed by atoms with Gasteiger partial charge in [0, 0.05) is 0 Å². The molecule has 0 aromatic heterocycles. The molecule has 0 aromatic carbocycles. The van der Waals surface area contributed by atoms with Crippen LogP contribution in [0.5, 0.6) is 0 Å². The molecule has 0 aromatic rings. The Kier molecular flexibility index (Phi) is 3.46. The van der Waals surface area contributed by atoms with Crippen LogP contribution in [-0.2, 0) is 0 Å². The fraction of sp³-hybridized carbons (Fsp3) is 0.600. The van der Waals surface area contributed by atoms with Gasteiger partial charge >= 0.3 is 0 Å². The molecule has 0 amide bonds. The van der Waals surface area contributed by atoms with Gasteiger partial charge in [-0.25, -0.2) is 0 Å². The minimum atomic E-state index is 1.11. The van der Waals surface area contributed by atoms with Crippen molar-refractivity contribution in [2.45, 2.75) is 13.8 Å². The van der Waals surface area contributed by atoms with Gasteiger partial charge in [0.25, 0.3) is 0 Å². The molecule has 0 aliphatic heterocycles. The van der Waals surface area contributed by atoms with Crippen molar-refractivity contribution in [3.8, 4) is 0 Å². The number of allylic oxidation sites excluding steroid dienone is 2. The molecule has 0 radical (unpaired) electrons. The van der Waals surface area contributed by atoms with Gasteiger partial charge in [-0.2, -0.15) is 0 Å². The van der Waals surface area contributed by atoms with Gasteiger partial charge in [0.1, 0.15) is 0 Å². The van der Waals surface area contributed by atoms with E-state index in [1.54, 1.807) is 0 Å². The summed E-state index contributed by atoms with van der Waals surface area (Å²) in [6.07, 6.45) is 3.23. The Bertz CT molecular complexity index is 55.0. The lowest BCUT2D eigenvalue weighted by Gasteiger charge is -1.85. The molecule has 0 N–H and O–H groups in total. The van der Waals surface area contributed by atoms with Crippen LogP contribution in [0.3, 0.4) is 0 Å². The summed E-state index contributed by atoms with van der Waals surface area (Å²) in [5.41, 5.74) is 1.43. The molecule has 0 fully saturated rings. The lowest BCUT2D eigenvalue weighted by molar-refractivity contribution is 1.38. The van der Waals surface area contributed by atoms with Crippen LogP contribution < -0.4 is 0 Å². The van der Waals surface area contributed by atoms with E-state index in [0.717, 1.165) is 6.16 Å². The van der Waals surface area contributed by atoms with Gasteiger partial charge in [0.15, 0.2) is 0 Å². The van der Waals surface area contributed by atoms with Crippen molar-refractivity contribution in [2.24, 2.45) is 0 Å². The zero-order valence-electron chi connectivity index (χ0n) is 4.36. The van der Waals surface area contributed by atoms with Gasteiger partial charge in [0.2, 0.25) is 0 Å². The molecule has 36 valence electrons. The molecule has 0 rings (SSSR count). The third-order valence-corrected chi connectivity index (χ3v) is 1.46. The molecule has 1 unspecified atom stereocenters. The number of hydrogen-bond donors (Lipinski definition) is 0. The minimum absolute atomic E-state index is 1.11. The summed E-state index contributed by atoms with van der Waals surface area (Å²) in [6, 6.07) is 0. The lowest BCUT2D eigenvalue weighted by Crippen LogP contribution is -1.69. The van der Waals surface area contributed by atoms with Crippen LogP contribution in [0.4, 0.5) is 0 Å². The van der Waals surface area contributed by atoms with Gasteiger partial charge in [-0.05, 0) is 20.0 Å². The Morgan fingerprint density at radius 2 is 2.33 bits per heavy atom. The van der Waals surface area contributed by atoms with Crippen molar-refractivity contribution in [1.82, 2.24) is 0 Å². The predicted octanol–water partition coefficient (Wildman–Crippen LogP) is 1.83. The highest BCUT2D eigenvalue weighted by Gasteiger charge is 1.73. The Labute approximate surface area is 41.8 Å². The summed E-state index contributed by atoms with van der Waals surface area (Å²) in [7, 11) is 2.67. The molecular formula is C5H11P. The molecule has 6 heavy (non-hydrogen) atoms. The van der Waals surface area contributed by atoms with Gasteiger partial charge in [-0.1, -0.05) is 11.6 Å². The highest BCUT2D eigenvalue weighted by atomic mass is 31.0. The highest BCUT2D eigenvalue weighted by Crippen LogP contribution is 1.94. The Balaban J connectivity index is 3.22. The first-order chi connectivity index (χ1) is 2.81. The first-order valence-electron chi connectivity index (χ1n) is 2.13. The molecule has 0 saturated carbocycles. The number of hydrogen-bond acceptors (Lipinski definition) is 0. The summed E-state index contributed by atoms with van der Waals surface area (Å²) >= 11 is 0. The lowest BCUT2D eigenvalue weighted by atomic mass is 10.3. The molecule has 0 spiro atoms. The Hall–Kier alpha value is 0.170. The van der Waals surface area contributed by atoms with Crippen LogP contribution in [0.15, 0.2) is 11.6 Å². The Morgan fingerprint density at radius 1 is 1.83 bits per heavy atom. The van der Waals surface area contributed by atoms with Gasteiger partial charge in [-0.15, -0.1) is 9.24 Å². The third kappa shape index (κ3) is 2.41. The molecule has 0 heterocycles. The molecule has 0 saturated heterocycles. The van der Waals surface area contributed by atoms with Gasteiger partial charge in [0.05, 0.1) is 0 Å². The first kappa shape index (κ1) is 6.17. The van der Waals surface area contributed by atoms with E-state index in [-0.39, 0.29) is 0 Å². The van der Waals surface area contributed by atoms with E-state index >= 15 is 0 Å². The van der Waals surface area contributed by atoms with Crippen molar-refractivity contribution in [3.05, 3.63) is 11.6 Å². The summed E-state index contributed by atoms with van der Waals surface area (Å²) < 4.78 is 0. The Morgan fingerprint density at radius 3 is 2.33 bits per heavy atom. The van der Waals surface area contributed by atoms with Crippen molar-refractivity contribution in [1.29, 1.82) is 0 Å². The summed E-state index contributed by atoms with van der Waals surface area (Å²) in [6.45, 7) is 4.17. The minimum Gasteiger partial charge on any atom is -0.133 e. The van der Waals surface area contributed by atoms with E-state index in [2.05, 4.69) is 29.2 Å². The van der Waals surface area contributed by atoms with Crippen LogP contribution in [0.1, 0.15) is 13.8 Å². The third-order valence-electron chi connectivity index (χ3n) is 0.815. The van der Waals surface area contributed by atoms with Crippen molar-refractivity contribution >= 4 is 9.24 Å². The predicted molar refractivity (Wildman–Crippen MR) is 34.0 cm³/mol. The summed E-state index contributed by atoms with van der Waals surface area (Å²) in [4.78, 5) is 0. The van der Waals surface area contributed by atoms with E-state index in [1.165, 1.54) is 5.57 Å². The van der Waals surface area contributed by atoms with Crippen LogP contribution in [0, 0.1) is 0 Å². The van der Waals surface area contributed by atoms with Crippen LogP contribution in [0.2, 0.25) is 0 Å². The van der Waals surface area contributed by atoms with Crippen molar-refractivity contribution in [2.75, 3.05) is 6.16 Å². The second-order valence-corrected chi connectivity index (χ2v) is 1.75. The second-order valence-electron chi connectivity index (χ2n) is 1.34. The standard InChI is InChI=1S/C5H11P/c1-3-5(2)4-6/h3H,4,6H2,1-2H3/b5-3+. The molecule has 1 atom stereocenters. The topological polar surface area (TPSA) is 0 Å². The average molecular weight is 102 g/mol. The van der Waals surface area contributed by atoms with E-state index in [9.17, 15) is 0 Å². The SMILES string of the molecule is C/C=C(\C)CP. The molecule has 0 aliphatic rings. The largest absolute Gasteiger partial charge is 0.133 e. The molecule has 0 aliphatic carbocycles. The van der Waals surface area contributed by atoms with Crippen LogP contribution >= 0.6 is 9.24 Å². The number of rotatable bonds is 1. The molecule has 0 bridgehead atoms. The van der Waals surface area contributed by atoms with Crippen molar-refractivity contribution in [3.63, 3.8) is 0 Å². The zero-order valence-corrected chi connectivity index (χ0v) is 5.52. The van der Waals surface area contributed by atoms with E-state index in [0.29, 0.717) is 0 Å². The molecule has 1 heteroatoms. The van der Waals surface area contributed by atoms with Gasteiger partial charge in [-0.3, -0.25) is 0 Å². The highest BCUT2D eigenvalue weighted by molar-refractivity contribution is 7.16. The molecular weight excluding hydrogens is 91.0 g/mol.